The smallest absolute Gasteiger partial charge is 0.364 e. The Balaban J connectivity index is 1.84. The van der Waals surface area contributed by atoms with Crippen LogP contribution in [-0.2, 0) is 4.74 Å². The zero-order chi connectivity index (χ0) is 21.5. The van der Waals surface area contributed by atoms with Crippen LogP contribution < -0.4 is 4.74 Å². The van der Waals surface area contributed by atoms with Gasteiger partial charge in [-0.2, -0.15) is 5.10 Å². The average molecular weight is 410 g/mol. The fourth-order valence-corrected chi connectivity index (χ4v) is 2.46. The lowest BCUT2D eigenvalue weighted by Gasteiger charge is -2.07. The number of carbonyl (C=O) groups is 2. The van der Waals surface area contributed by atoms with Gasteiger partial charge in [0.25, 0.3) is 5.88 Å². The molecule has 9 heteroatoms. The molecule has 0 saturated carbocycles. The third-order valence-electron chi connectivity index (χ3n) is 3.96. The van der Waals surface area contributed by atoms with E-state index in [2.05, 4.69) is 15.4 Å². The third kappa shape index (κ3) is 5.13. The van der Waals surface area contributed by atoms with Gasteiger partial charge in [-0.3, -0.25) is 4.79 Å². The highest BCUT2D eigenvalue weighted by atomic mass is 19.1. The molecule has 8 nitrogen and oxygen atoms in total. The van der Waals surface area contributed by atoms with Crippen LogP contribution in [0.5, 0.6) is 5.88 Å². The maximum atomic E-state index is 13.3. The summed E-state index contributed by atoms with van der Waals surface area (Å²) in [6.07, 6.45) is 1.32. The first-order chi connectivity index (χ1) is 14.5. The molecule has 0 radical (unpaired) electrons. The summed E-state index contributed by atoms with van der Waals surface area (Å²) in [7, 11) is 0. The van der Waals surface area contributed by atoms with Crippen molar-refractivity contribution in [3.63, 3.8) is 0 Å². The van der Waals surface area contributed by atoms with E-state index >= 15 is 0 Å². The minimum atomic E-state index is -0.762. The fraction of sp³-hybridized carbons (Fsp3) is 0.190. The van der Waals surface area contributed by atoms with E-state index in [0.29, 0.717) is 11.1 Å². The molecule has 1 heterocycles. The van der Waals surface area contributed by atoms with Gasteiger partial charge in [-0.25, -0.2) is 9.18 Å². The highest BCUT2D eigenvalue weighted by Crippen LogP contribution is 2.18. The van der Waals surface area contributed by atoms with Crippen LogP contribution in [-0.4, -0.2) is 46.3 Å². The van der Waals surface area contributed by atoms with Crippen molar-refractivity contribution in [3.05, 3.63) is 76.7 Å². The predicted molar refractivity (Wildman–Crippen MR) is 106 cm³/mol. The van der Waals surface area contributed by atoms with Crippen LogP contribution in [0, 0.1) is 12.7 Å². The molecule has 3 aromatic rings. The lowest BCUT2D eigenvalue weighted by Crippen LogP contribution is -2.15. The van der Waals surface area contributed by atoms with E-state index in [0.717, 1.165) is 10.4 Å². The van der Waals surface area contributed by atoms with Gasteiger partial charge in [0.1, 0.15) is 5.82 Å². The number of hydrogen-bond donors (Lipinski definition) is 0. The topological polar surface area (TPSA) is 95.7 Å². The zero-order valence-corrected chi connectivity index (χ0v) is 16.4. The number of Topliss-reactive ketones (excluding diaryl/α,β-unsaturated/α-hetero) is 1. The summed E-state index contributed by atoms with van der Waals surface area (Å²) in [5.41, 5.74) is 1.72. The molecule has 0 aliphatic heterocycles. The number of hydrogen-bond acceptors (Lipinski definition) is 7. The Bertz CT molecular complexity index is 1080. The number of carbonyl (C=O) groups excluding carboxylic acids is 2. The Morgan fingerprint density at radius 1 is 1.20 bits per heavy atom. The van der Waals surface area contributed by atoms with E-state index < -0.39 is 11.8 Å². The summed E-state index contributed by atoms with van der Waals surface area (Å²) in [6.45, 7) is 3.32. The lowest BCUT2D eigenvalue weighted by molar-refractivity contribution is 0.0512. The van der Waals surface area contributed by atoms with Crippen molar-refractivity contribution >= 4 is 18.0 Å². The number of halogens is 1. The maximum Gasteiger partial charge on any atom is 0.364 e. The van der Waals surface area contributed by atoms with Crippen molar-refractivity contribution in [2.75, 3.05) is 13.2 Å². The number of nitrogens with zero attached hydrogens (tertiary/aromatic N) is 4. The molecule has 1 aromatic heterocycles. The summed E-state index contributed by atoms with van der Waals surface area (Å²) in [4.78, 5) is 25.5. The minimum Gasteiger partial charge on any atom is -0.466 e. The largest absolute Gasteiger partial charge is 0.466 e. The van der Waals surface area contributed by atoms with E-state index in [1.807, 2.05) is 19.1 Å². The van der Waals surface area contributed by atoms with Crippen molar-refractivity contribution < 1.29 is 23.5 Å². The Morgan fingerprint density at radius 2 is 1.97 bits per heavy atom. The lowest BCUT2D eigenvalue weighted by atomic mass is 10.1. The molecule has 0 aliphatic rings. The fourth-order valence-electron chi connectivity index (χ4n) is 2.46. The number of ether oxygens (including phenoxy) is 2. The molecule has 0 unspecified atom stereocenters. The second-order valence-electron chi connectivity index (χ2n) is 6.23. The van der Waals surface area contributed by atoms with Gasteiger partial charge < -0.3 is 9.47 Å². The Labute approximate surface area is 171 Å². The van der Waals surface area contributed by atoms with Crippen LogP contribution in [0.2, 0.25) is 0 Å². The molecule has 0 N–H and O–H groups in total. The van der Waals surface area contributed by atoms with Gasteiger partial charge >= 0.3 is 5.97 Å². The maximum absolute atomic E-state index is 13.3. The van der Waals surface area contributed by atoms with Crippen molar-refractivity contribution in [3.8, 4) is 5.88 Å². The van der Waals surface area contributed by atoms with Crippen molar-refractivity contribution in [2.45, 2.75) is 13.8 Å². The number of aromatic nitrogens is 3. The van der Waals surface area contributed by atoms with Gasteiger partial charge in [0.15, 0.2) is 12.4 Å². The van der Waals surface area contributed by atoms with Gasteiger partial charge in [-0.15, -0.1) is 5.10 Å². The van der Waals surface area contributed by atoms with Gasteiger partial charge in [-0.1, -0.05) is 46.8 Å². The molecular formula is C21H19FN4O4. The van der Waals surface area contributed by atoms with Crippen LogP contribution in [0.1, 0.15) is 38.9 Å². The third-order valence-corrected chi connectivity index (χ3v) is 3.96. The molecule has 3 rings (SSSR count). The first kappa shape index (κ1) is 20.8. The summed E-state index contributed by atoms with van der Waals surface area (Å²) in [5, 5.41) is 11.5. The summed E-state index contributed by atoms with van der Waals surface area (Å²) in [6, 6.07) is 12.7. The normalized spacial score (nSPS) is 10.9. The Morgan fingerprint density at radius 3 is 2.67 bits per heavy atom. The molecule has 0 aliphatic carbocycles. The van der Waals surface area contributed by atoms with Gasteiger partial charge in [0.05, 0.1) is 12.8 Å². The second-order valence-corrected chi connectivity index (χ2v) is 6.23. The molecule has 0 fully saturated rings. The Hall–Kier alpha value is -3.88. The number of aryl methyl sites for hydroxylation is 1. The summed E-state index contributed by atoms with van der Waals surface area (Å²) in [5.74, 6) is -1.64. The second kappa shape index (κ2) is 9.55. The molecule has 0 amide bonds. The summed E-state index contributed by atoms with van der Waals surface area (Å²) >= 11 is 0. The highest BCUT2D eigenvalue weighted by molar-refractivity contribution is 5.97. The Kier molecular flexibility index (Phi) is 6.63. The first-order valence-electron chi connectivity index (χ1n) is 9.13. The zero-order valence-electron chi connectivity index (χ0n) is 16.4. The molecule has 154 valence electrons. The van der Waals surface area contributed by atoms with Crippen molar-refractivity contribution in [2.24, 2.45) is 5.10 Å². The average Bonchev–Trinajstić information content (AvgIpc) is 3.14. The molecule has 0 atom stereocenters. The van der Waals surface area contributed by atoms with Crippen LogP contribution in [0.25, 0.3) is 0 Å². The molecule has 2 aromatic carbocycles. The standard InChI is InChI=1S/C21H19FN4O4/c1-3-29-21(28)19-20(30-13-18(27)16-9-7-14(2)8-10-16)26(25-24-19)23-12-15-5-4-6-17(22)11-15/h4-12H,3,13H2,1-2H3/b23-12-. The molecule has 30 heavy (non-hydrogen) atoms. The van der Waals surface area contributed by atoms with Crippen LogP contribution in [0.4, 0.5) is 4.39 Å². The van der Waals surface area contributed by atoms with Gasteiger partial charge in [-0.05, 0) is 36.8 Å². The highest BCUT2D eigenvalue weighted by Gasteiger charge is 2.23. The number of esters is 1. The van der Waals surface area contributed by atoms with Gasteiger partial charge in [0.2, 0.25) is 5.69 Å². The minimum absolute atomic E-state index is 0.125. The van der Waals surface area contributed by atoms with Gasteiger partial charge in [0, 0.05) is 5.56 Å². The predicted octanol–water partition coefficient (Wildman–Crippen LogP) is 3.05. The van der Waals surface area contributed by atoms with Crippen molar-refractivity contribution in [1.29, 1.82) is 0 Å². The van der Waals surface area contributed by atoms with E-state index in [4.69, 9.17) is 9.47 Å². The van der Waals surface area contributed by atoms with Crippen LogP contribution in [0.3, 0.4) is 0 Å². The first-order valence-corrected chi connectivity index (χ1v) is 9.13. The molecular weight excluding hydrogens is 391 g/mol. The monoisotopic (exact) mass is 410 g/mol. The molecule has 0 saturated heterocycles. The van der Waals surface area contributed by atoms with E-state index in [1.54, 1.807) is 25.1 Å². The van der Waals surface area contributed by atoms with Crippen molar-refractivity contribution in [1.82, 2.24) is 15.1 Å². The van der Waals surface area contributed by atoms with E-state index in [1.165, 1.54) is 24.4 Å². The number of ketones is 1. The SMILES string of the molecule is CCOC(=O)c1nnn(/N=C\c2cccc(F)c2)c1OCC(=O)c1ccc(C)cc1. The number of benzene rings is 2. The molecule has 0 spiro atoms. The van der Waals surface area contributed by atoms with E-state index in [-0.39, 0.29) is 30.6 Å². The number of rotatable bonds is 8. The van der Waals surface area contributed by atoms with Crippen LogP contribution in [0.15, 0.2) is 53.6 Å². The van der Waals surface area contributed by atoms with E-state index in [9.17, 15) is 14.0 Å². The quantitative estimate of drug-likeness (QED) is 0.322. The van der Waals surface area contributed by atoms with Crippen LogP contribution >= 0.6 is 0 Å². The summed E-state index contributed by atoms with van der Waals surface area (Å²) < 4.78 is 23.8. The molecule has 0 bridgehead atoms.